The molecular weight excluding hydrogens is 164 g/mol. The van der Waals surface area contributed by atoms with E-state index in [1.807, 2.05) is 0 Å². The van der Waals surface area contributed by atoms with Gasteiger partial charge in [-0.3, -0.25) is 4.79 Å². The van der Waals surface area contributed by atoms with Gasteiger partial charge in [-0.2, -0.15) is 0 Å². The molecule has 1 aliphatic carbocycles. The zero-order valence-electron chi connectivity index (χ0n) is 8.25. The fourth-order valence-corrected chi connectivity index (χ4v) is 1.87. The summed E-state index contributed by atoms with van der Waals surface area (Å²) in [6.07, 6.45) is 6.44. The molecule has 1 saturated carbocycles. The van der Waals surface area contributed by atoms with E-state index in [0.29, 0.717) is 18.1 Å². The van der Waals surface area contributed by atoms with Gasteiger partial charge in [0, 0.05) is 19.4 Å². The molecule has 0 radical (unpaired) electrons. The van der Waals surface area contributed by atoms with Crippen molar-refractivity contribution in [2.24, 2.45) is 5.92 Å². The van der Waals surface area contributed by atoms with Crippen LogP contribution in [0.3, 0.4) is 0 Å². The van der Waals surface area contributed by atoms with E-state index in [0.717, 1.165) is 25.7 Å². The molecule has 0 aromatic rings. The van der Waals surface area contributed by atoms with Crippen LogP contribution in [0.5, 0.6) is 0 Å². The highest BCUT2D eigenvalue weighted by molar-refractivity contribution is 5.79. The average molecular weight is 182 g/mol. The molecule has 0 heterocycles. The highest BCUT2D eigenvalue weighted by Gasteiger charge is 2.19. The monoisotopic (exact) mass is 182 g/mol. The Kier molecular flexibility index (Phi) is 4.16. The first-order valence-corrected chi connectivity index (χ1v) is 5.03. The van der Waals surface area contributed by atoms with Crippen LogP contribution in [-0.4, -0.2) is 17.5 Å². The first-order valence-electron chi connectivity index (χ1n) is 5.03. The molecule has 2 heteroatoms. The van der Waals surface area contributed by atoms with Crippen molar-refractivity contribution in [3.8, 4) is 0 Å². The summed E-state index contributed by atoms with van der Waals surface area (Å²) in [5.74, 6) is 0.848. The van der Waals surface area contributed by atoms with Crippen molar-refractivity contribution in [1.29, 1.82) is 0 Å². The second-order valence-electron chi connectivity index (χ2n) is 3.79. The SMILES string of the molecule is C/C(=C\CCO)C1CCCC(=O)C1. The average Bonchev–Trinajstić information content (AvgIpc) is 2.14. The van der Waals surface area contributed by atoms with Crippen LogP contribution in [0, 0.1) is 5.92 Å². The molecule has 1 unspecified atom stereocenters. The van der Waals surface area contributed by atoms with Crippen LogP contribution >= 0.6 is 0 Å². The van der Waals surface area contributed by atoms with Crippen LogP contribution in [0.15, 0.2) is 11.6 Å². The van der Waals surface area contributed by atoms with Crippen molar-refractivity contribution in [2.75, 3.05) is 6.61 Å². The standard InChI is InChI=1S/C11H18O2/c1-9(4-3-7-12)10-5-2-6-11(13)8-10/h4,10,12H,2-3,5-8H2,1H3/b9-4+. The maximum absolute atomic E-state index is 11.2. The minimum absolute atomic E-state index is 0.206. The number of ketones is 1. The smallest absolute Gasteiger partial charge is 0.133 e. The first-order chi connectivity index (χ1) is 6.24. The van der Waals surface area contributed by atoms with Gasteiger partial charge in [0.2, 0.25) is 0 Å². The Balaban J connectivity index is 2.45. The molecule has 0 spiro atoms. The molecule has 74 valence electrons. The lowest BCUT2D eigenvalue weighted by atomic mass is 9.83. The normalized spacial score (nSPS) is 24.9. The molecule has 1 aliphatic rings. The number of carbonyl (C=O) groups excluding carboxylic acids is 1. The maximum Gasteiger partial charge on any atom is 0.133 e. The number of Topliss-reactive ketones (excluding diaryl/α,β-unsaturated/α-hetero) is 1. The third kappa shape index (κ3) is 3.31. The molecule has 0 amide bonds. The Labute approximate surface area is 79.6 Å². The Morgan fingerprint density at radius 1 is 1.69 bits per heavy atom. The van der Waals surface area contributed by atoms with Crippen LogP contribution in [0.25, 0.3) is 0 Å². The summed E-state index contributed by atoms with van der Waals surface area (Å²) in [5.41, 5.74) is 1.28. The molecule has 1 rings (SSSR count). The lowest BCUT2D eigenvalue weighted by Crippen LogP contribution is -2.15. The van der Waals surface area contributed by atoms with E-state index in [1.54, 1.807) is 0 Å². The number of rotatable bonds is 3. The Morgan fingerprint density at radius 2 is 2.46 bits per heavy atom. The number of hydrogen-bond donors (Lipinski definition) is 1. The molecular formula is C11H18O2. The predicted octanol–water partition coefficient (Wildman–Crippen LogP) is 2.07. The molecule has 1 atom stereocenters. The number of hydrogen-bond acceptors (Lipinski definition) is 2. The van der Waals surface area contributed by atoms with Crippen LogP contribution in [-0.2, 0) is 4.79 Å². The van der Waals surface area contributed by atoms with E-state index in [9.17, 15) is 4.79 Å². The molecule has 13 heavy (non-hydrogen) atoms. The van der Waals surface area contributed by atoms with Gasteiger partial charge in [-0.15, -0.1) is 0 Å². The third-order valence-electron chi connectivity index (χ3n) is 2.72. The van der Waals surface area contributed by atoms with Crippen LogP contribution < -0.4 is 0 Å². The molecule has 0 aromatic carbocycles. The van der Waals surface area contributed by atoms with Crippen LogP contribution in [0.1, 0.15) is 39.0 Å². The van der Waals surface area contributed by atoms with Gasteiger partial charge in [-0.1, -0.05) is 11.6 Å². The predicted molar refractivity (Wildman–Crippen MR) is 52.4 cm³/mol. The van der Waals surface area contributed by atoms with Gasteiger partial charge in [-0.05, 0) is 32.1 Å². The molecule has 0 aromatic heterocycles. The van der Waals surface area contributed by atoms with Gasteiger partial charge in [0.15, 0.2) is 0 Å². The molecule has 0 bridgehead atoms. The van der Waals surface area contributed by atoms with Crippen molar-refractivity contribution < 1.29 is 9.90 Å². The summed E-state index contributed by atoms with van der Waals surface area (Å²) in [6.45, 7) is 2.27. The van der Waals surface area contributed by atoms with Gasteiger partial charge in [-0.25, -0.2) is 0 Å². The van der Waals surface area contributed by atoms with Crippen molar-refractivity contribution >= 4 is 5.78 Å². The van der Waals surface area contributed by atoms with Crippen molar-refractivity contribution in [3.05, 3.63) is 11.6 Å². The van der Waals surface area contributed by atoms with Crippen molar-refractivity contribution in [2.45, 2.75) is 39.0 Å². The van der Waals surface area contributed by atoms with E-state index >= 15 is 0 Å². The molecule has 1 N–H and O–H groups in total. The second kappa shape index (κ2) is 5.18. The van der Waals surface area contributed by atoms with Gasteiger partial charge in [0.1, 0.15) is 5.78 Å². The minimum atomic E-state index is 0.206. The number of aliphatic hydroxyl groups excluding tert-OH is 1. The highest BCUT2D eigenvalue weighted by atomic mass is 16.2. The summed E-state index contributed by atoms with van der Waals surface area (Å²) >= 11 is 0. The van der Waals surface area contributed by atoms with Crippen molar-refractivity contribution in [1.82, 2.24) is 0 Å². The third-order valence-corrected chi connectivity index (χ3v) is 2.72. The lowest BCUT2D eigenvalue weighted by Gasteiger charge is -2.21. The molecule has 2 nitrogen and oxygen atoms in total. The highest BCUT2D eigenvalue weighted by Crippen LogP contribution is 2.27. The van der Waals surface area contributed by atoms with Gasteiger partial charge in [0.05, 0.1) is 0 Å². The summed E-state index contributed by atoms with van der Waals surface area (Å²) in [5, 5.41) is 8.65. The van der Waals surface area contributed by atoms with Gasteiger partial charge in [0.25, 0.3) is 0 Å². The first kappa shape index (κ1) is 10.5. The number of carbonyl (C=O) groups is 1. The summed E-state index contributed by atoms with van der Waals surface area (Å²) < 4.78 is 0. The van der Waals surface area contributed by atoms with E-state index < -0.39 is 0 Å². The molecule has 0 aliphatic heterocycles. The van der Waals surface area contributed by atoms with Gasteiger partial charge >= 0.3 is 0 Å². The van der Waals surface area contributed by atoms with Gasteiger partial charge < -0.3 is 5.11 Å². The summed E-state index contributed by atoms with van der Waals surface area (Å²) in [4.78, 5) is 11.2. The quantitative estimate of drug-likeness (QED) is 0.678. The Hall–Kier alpha value is -0.630. The Morgan fingerprint density at radius 3 is 3.08 bits per heavy atom. The van der Waals surface area contributed by atoms with Crippen LogP contribution in [0.2, 0.25) is 0 Å². The van der Waals surface area contributed by atoms with E-state index in [-0.39, 0.29) is 6.61 Å². The molecule has 1 fully saturated rings. The van der Waals surface area contributed by atoms with E-state index in [2.05, 4.69) is 13.0 Å². The minimum Gasteiger partial charge on any atom is -0.396 e. The largest absolute Gasteiger partial charge is 0.396 e. The zero-order valence-corrected chi connectivity index (χ0v) is 8.25. The topological polar surface area (TPSA) is 37.3 Å². The summed E-state index contributed by atoms with van der Waals surface area (Å²) in [6, 6.07) is 0. The fraction of sp³-hybridized carbons (Fsp3) is 0.727. The Bertz CT molecular complexity index is 206. The zero-order chi connectivity index (χ0) is 9.68. The van der Waals surface area contributed by atoms with Crippen LogP contribution in [0.4, 0.5) is 0 Å². The fourth-order valence-electron chi connectivity index (χ4n) is 1.87. The lowest BCUT2D eigenvalue weighted by molar-refractivity contribution is -0.121. The van der Waals surface area contributed by atoms with E-state index in [1.165, 1.54) is 5.57 Å². The summed E-state index contributed by atoms with van der Waals surface area (Å²) in [7, 11) is 0. The number of aliphatic hydroxyl groups is 1. The second-order valence-corrected chi connectivity index (χ2v) is 3.79. The van der Waals surface area contributed by atoms with E-state index in [4.69, 9.17) is 5.11 Å². The maximum atomic E-state index is 11.2. The van der Waals surface area contributed by atoms with Crippen molar-refractivity contribution in [3.63, 3.8) is 0 Å². The molecule has 0 saturated heterocycles. The number of allylic oxidation sites excluding steroid dienone is 1.